The van der Waals surface area contributed by atoms with E-state index < -0.39 is 0 Å². The molecule has 0 aromatic heterocycles. The SMILES string of the molecule is CCOc1ccc(OCCOCCOc2cccc(Cl)c2)cc1. The van der Waals surface area contributed by atoms with Crippen molar-refractivity contribution >= 4 is 11.6 Å². The molecule has 0 bridgehead atoms. The molecule has 0 amide bonds. The second kappa shape index (κ2) is 9.98. The highest BCUT2D eigenvalue weighted by Gasteiger charge is 1.97. The summed E-state index contributed by atoms with van der Waals surface area (Å²) >= 11 is 5.88. The largest absolute Gasteiger partial charge is 0.494 e. The molecule has 0 saturated carbocycles. The van der Waals surface area contributed by atoms with Gasteiger partial charge in [-0.3, -0.25) is 0 Å². The number of halogens is 1. The number of hydrogen-bond donors (Lipinski definition) is 0. The standard InChI is InChI=1S/C18H21ClO4/c1-2-21-16-6-8-17(9-7-16)22-12-10-20-11-13-23-18-5-3-4-15(19)14-18/h3-9,14H,2,10-13H2,1H3. The molecule has 5 heteroatoms. The Morgan fingerprint density at radius 2 is 1.35 bits per heavy atom. The highest BCUT2D eigenvalue weighted by molar-refractivity contribution is 6.30. The van der Waals surface area contributed by atoms with Crippen molar-refractivity contribution in [2.24, 2.45) is 0 Å². The van der Waals surface area contributed by atoms with Gasteiger partial charge in [0, 0.05) is 5.02 Å². The average molecular weight is 337 g/mol. The zero-order valence-electron chi connectivity index (χ0n) is 13.2. The van der Waals surface area contributed by atoms with E-state index in [0.29, 0.717) is 38.1 Å². The van der Waals surface area contributed by atoms with Gasteiger partial charge in [0.25, 0.3) is 0 Å². The van der Waals surface area contributed by atoms with Crippen molar-refractivity contribution in [2.75, 3.05) is 33.0 Å². The Kier molecular flexibility index (Phi) is 7.57. The average Bonchev–Trinajstić information content (AvgIpc) is 2.56. The first-order chi connectivity index (χ1) is 11.3. The van der Waals surface area contributed by atoms with Gasteiger partial charge in [-0.1, -0.05) is 17.7 Å². The topological polar surface area (TPSA) is 36.9 Å². The molecule has 2 aromatic rings. The molecule has 0 aliphatic carbocycles. The van der Waals surface area contributed by atoms with Gasteiger partial charge < -0.3 is 18.9 Å². The van der Waals surface area contributed by atoms with Crippen molar-refractivity contribution in [1.29, 1.82) is 0 Å². The molecule has 0 heterocycles. The summed E-state index contributed by atoms with van der Waals surface area (Å²) in [6.07, 6.45) is 0. The van der Waals surface area contributed by atoms with Crippen LogP contribution in [0.3, 0.4) is 0 Å². The maximum atomic E-state index is 5.88. The van der Waals surface area contributed by atoms with Crippen LogP contribution in [0.25, 0.3) is 0 Å². The van der Waals surface area contributed by atoms with Crippen molar-refractivity contribution < 1.29 is 18.9 Å². The van der Waals surface area contributed by atoms with E-state index in [0.717, 1.165) is 17.2 Å². The fourth-order valence-corrected chi connectivity index (χ4v) is 2.07. The molecule has 23 heavy (non-hydrogen) atoms. The fourth-order valence-electron chi connectivity index (χ4n) is 1.89. The van der Waals surface area contributed by atoms with E-state index in [2.05, 4.69) is 0 Å². The number of benzene rings is 2. The molecular formula is C18H21ClO4. The quantitative estimate of drug-likeness (QED) is 0.609. The smallest absolute Gasteiger partial charge is 0.120 e. The number of rotatable bonds is 10. The van der Waals surface area contributed by atoms with E-state index in [9.17, 15) is 0 Å². The Bertz CT molecular complexity index is 571. The minimum atomic E-state index is 0.476. The summed E-state index contributed by atoms with van der Waals surface area (Å²) in [5, 5.41) is 0.659. The molecule has 0 aliphatic rings. The van der Waals surface area contributed by atoms with Crippen LogP contribution in [0.15, 0.2) is 48.5 Å². The van der Waals surface area contributed by atoms with Crippen LogP contribution >= 0.6 is 11.6 Å². The van der Waals surface area contributed by atoms with Crippen molar-refractivity contribution in [2.45, 2.75) is 6.92 Å². The Morgan fingerprint density at radius 3 is 1.96 bits per heavy atom. The molecule has 0 saturated heterocycles. The molecule has 0 radical (unpaired) electrons. The van der Waals surface area contributed by atoms with E-state index in [4.69, 9.17) is 30.5 Å². The molecule has 0 unspecified atom stereocenters. The van der Waals surface area contributed by atoms with Crippen molar-refractivity contribution in [3.05, 3.63) is 53.6 Å². The minimum absolute atomic E-state index is 0.476. The summed E-state index contributed by atoms with van der Waals surface area (Å²) in [5.74, 6) is 2.38. The lowest BCUT2D eigenvalue weighted by molar-refractivity contribution is 0.0764. The summed E-state index contributed by atoms with van der Waals surface area (Å²) < 4.78 is 21.9. The third kappa shape index (κ3) is 6.80. The second-order valence-corrected chi connectivity index (χ2v) is 5.11. The molecule has 4 nitrogen and oxygen atoms in total. The van der Waals surface area contributed by atoms with Crippen LogP contribution < -0.4 is 14.2 Å². The predicted octanol–water partition coefficient (Wildman–Crippen LogP) is 4.21. The molecular weight excluding hydrogens is 316 g/mol. The van der Waals surface area contributed by atoms with Crippen LogP contribution in [0.4, 0.5) is 0 Å². The molecule has 2 aromatic carbocycles. The highest BCUT2D eigenvalue weighted by atomic mass is 35.5. The zero-order chi connectivity index (χ0) is 16.3. The lowest BCUT2D eigenvalue weighted by Gasteiger charge is -2.09. The molecule has 0 spiro atoms. The summed E-state index contributed by atoms with van der Waals surface area (Å²) in [4.78, 5) is 0. The number of hydrogen-bond acceptors (Lipinski definition) is 4. The van der Waals surface area contributed by atoms with Crippen LogP contribution in [0, 0.1) is 0 Å². The normalized spacial score (nSPS) is 10.3. The summed E-state index contributed by atoms with van der Waals surface area (Å²) in [6.45, 7) is 4.59. The Hall–Kier alpha value is -1.91. The van der Waals surface area contributed by atoms with Gasteiger partial charge in [0.05, 0.1) is 19.8 Å². The third-order valence-electron chi connectivity index (χ3n) is 2.92. The van der Waals surface area contributed by atoms with Crippen LogP contribution in [0.1, 0.15) is 6.92 Å². The van der Waals surface area contributed by atoms with Gasteiger partial charge in [-0.2, -0.15) is 0 Å². The van der Waals surface area contributed by atoms with Gasteiger partial charge in [-0.05, 0) is 49.4 Å². The Labute approximate surface area is 141 Å². The van der Waals surface area contributed by atoms with E-state index in [1.54, 1.807) is 6.07 Å². The predicted molar refractivity (Wildman–Crippen MR) is 90.9 cm³/mol. The lowest BCUT2D eigenvalue weighted by Crippen LogP contribution is -2.12. The number of ether oxygens (including phenoxy) is 4. The molecule has 0 atom stereocenters. The summed E-state index contributed by atoms with van der Waals surface area (Å²) in [7, 11) is 0. The van der Waals surface area contributed by atoms with E-state index in [-0.39, 0.29) is 0 Å². The highest BCUT2D eigenvalue weighted by Crippen LogP contribution is 2.18. The van der Waals surface area contributed by atoms with E-state index in [1.165, 1.54) is 0 Å². The fraction of sp³-hybridized carbons (Fsp3) is 0.333. The van der Waals surface area contributed by atoms with Gasteiger partial charge in [0.2, 0.25) is 0 Å². The van der Waals surface area contributed by atoms with Crippen LogP contribution in [0.2, 0.25) is 5.02 Å². The van der Waals surface area contributed by atoms with Gasteiger partial charge in [-0.25, -0.2) is 0 Å². The van der Waals surface area contributed by atoms with Crippen LogP contribution in [0.5, 0.6) is 17.2 Å². The van der Waals surface area contributed by atoms with Gasteiger partial charge in [0.1, 0.15) is 30.5 Å². The molecule has 124 valence electrons. The summed E-state index contributed by atoms with van der Waals surface area (Å²) in [6, 6.07) is 14.8. The van der Waals surface area contributed by atoms with Crippen LogP contribution in [-0.2, 0) is 4.74 Å². The van der Waals surface area contributed by atoms with Crippen molar-refractivity contribution in [3.63, 3.8) is 0 Å². The molecule has 0 N–H and O–H groups in total. The van der Waals surface area contributed by atoms with E-state index >= 15 is 0 Å². The van der Waals surface area contributed by atoms with Crippen molar-refractivity contribution in [1.82, 2.24) is 0 Å². The zero-order valence-corrected chi connectivity index (χ0v) is 13.9. The molecule has 2 rings (SSSR count). The molecule has 0 aliphatic heterocycles. The third-order valence-corrected chi connectivity index (χ3v) is 3.16. The van der Waals surface area contributed by atoms with Gasteiger partial charge >= 0.3 is 0 Å². The monoisotopic (exact) mass is 336 g/mol. The lowest BCUT2D eigenvalue weighted by atomic mass is 10.3. The first-order valence-corrected chi connectivity index (χ1v) is 7.97. The first-order valence-electron chi connectivity index (χ1n) is 7.59. The Morgan fingerprint density at radius 1 is 0.739 bits per heavy atom. The minimum Gasteiger partial charge on any atom is -0.494 e. The second-order valence-electron chi connectivity index (χ2n) is 4.67. The molecule has 0 fully saturated rings. The van der Waals surface area contributed by atoms with Gasteiger partial charge in [-0.15, -0.1) is 0 Å². The van der Waals surface area contributed by atoms with Crippen LogP contribution in [-0.4, -0.2) is 33.0 Å². The maximum Gasteiger partial charge on any atom is 0.120 e. The Balaban J connectivity index is 1.54. The van der Waals surface area contributed by atoms with Gasteiger partial charge in [0.15, 0.2) is 0 Å². The maximum absolute atomic E-state index is 5.88. The summed E-state index contributed by atoms with van der Waals surface area (Å²) in [5.41, 5.74) is 0. The van der Waals surface area contributed by atoms with Crippen molar-refractivity contribution in [3.8, 4) is 17.2 Å². The first kappa shape index (κ1) is 17.4. The van der Waals surface area contributed by atoms with E-state index in [1.807, 2.05) is 49.4 Å².